The molecule has 37 heavy (non-hydrogen) atoms. The van der Waals surface area contributed by atoms with Crippen LogP contribution in [0.5, 0.6) is 5.75 Å². The summed E-state index contributed by atoms with van der Waals surface area (Å²) in [6.07, 6.45) is -0.629. The van der Waals surface area contributed by atoms with E-state index in [1.807, 2.05) is 66.7 Å². The molecule has 6 heteroatoms. The Balaban J connectivity index is 1.17. The Morgan fingerprint density at radius 1 is 0.757 bits per heavy atom. The predicted molar refractivity (Wildman–Crippen MR) is 141 cm³/mol. The molecule has 4 aromatic carbocycles. The molecule has 1 amide bonds. The first kappa shape index (κ1) is 24.1. The van der Waals surface area contributed by atoms with E-state index in [-0.39, 0.29) is 18.9 Å². The summed E-state index contributed by atoms with van der Waals surface area (Å²) in [6.45, 7) is 0.570. The Bertz CT molecular complexity index is 1340. The average molecular weight is 494 g/mol. The Kier molecular flexibility index (Phi) is 7.17. The summed E-state index contributed by atoms with van der Waals surface area (Å²) < 4.78 is 11.3. The Morgan fingerprint density at radius 2 is 1.35 bits per heavy atom. The fourth-order valence-electron chi connectivity index (χ4n) is 4.68. The Labute approximate surface area is 215 Å². The number of rotatable bonds is 9. The maximum atomic E-state index is 12.6. The molecule has 186 valence electrons. The van der Waals surface area contributed by atoms with Gasteiger partial charge in [-0.05, 0) is 45.5 Å². The molecular weight excluding hydrogens is 466 g/mol. The van der Waals surface area contributed by atoms with Gasteiger partial charge in [0.25, 0.3) is 0 Å². The minimum atomic E-state index is -1.13. The first-order valence-corrected chi connectivity index (χ1v) is 12.2. The molecule has 0 bridgehead atoms. The van der Waals surface area contributed by atoms with E-state index in [1.54, 1.807) is 24.3 Å². The summed E-state index contributed by atoms with van der Waals surface area (Å²) in [5.41, 5.74) is 6.28. The summed E-state index contributed by atoms with van der Waals surface area (Å²) in [5.74, 6) is -0.535. The van der Waals surface area contributed by atoms with E-state index in [2.05, 4.69) is 17.4 Å². The number of hydrogen-bond acceptors (Lipinski definition) is 4. The summed E-state index contributed by atoms with van der Waals surface area (Å²) in [6, 6.07) is 32.0. The van der Waals surface area contributed by atoms with Crippen LogP contribution < -0.4 is 10.1 Å². The van der Waals surface area contributed by atoms with Gasteiger partial charge in [0, 0.05) is 12.3 Å². The first-order chi connectivity index (χ1) is 18.1. The fourth-order valence-corrected chi connectivity index (χ4v) is 4.68. The van der Waals surface area contributed by atoms with Gasteiger partial charge in [0.05, 0.1) is 0 Å². The minimum absolute atomic E-state index is 0.0927. The van der Waals surface area contributed by atoms with Gasteiger partial charge in [-0.25, -0.2) is 9.59 Å². The number of carbonyl (C=O) groups excluding carboxylic acids is 1. The average Bonchev–Trinajstić information content (AvgIpc) is 3.25. The van der Waals surface area contributed by atoms with Gasteiger partial charge in [0.1, 0.15) is 25.0 Å². The largest absolute Gasteiger partial charge is 0.489 e. The highest BCUT2D eigenvalue weighted by Crippen LogP contribution is 2.44. The highest BCUT2D eigenvalue weighted by atomic mass is 16.5. The summed E-state index contributed by atoms with van der Waals surface area (Å²) >= 11 is 0. The van der Waals surface area contributed by atoms with E-state index in [0.717, 1.165) is 33.4 Å². The van der Waals surface area contributed by atoms with Crippen molar-refractivity contribution in [2.24, 2.45) is 0 Å². The molecule has 0 saturated heterocycles. The highest BCUT2D eigenvalue weighted by Gasteiger charge is 2.29. The third-order valence-electron chi connectivity index (χ3n) is 6.55. The Morgan fingerprint density at radius 3 is 1.97 bits per heavy atom. The lowest BCUT2D eigenvalue weighted by molar-refractivity contribution is -0.139. The molecular formula is C31H27NO5. The molecule has 6 nitrogen and oxygen atoms in total. The number of amides is 1. The number of hydrogen-bond donors (Lipinski definition) is 2. The number of ether oxygens (including phenoxy) is 2. The van der Waals surface area contributed by atoms with E-state index in [4.69, 9.17) is 9.47 Å². The van der Waals surface area contributed by atoms with Crippen molar-refractivity contribution in [3.8, 4) is 16.9 Å². The van der Waals surface area contributed by atoms with Crippen molar-refractivity contribution in [3.63, 3.8) is 0 Å². The van der Waals surface area contributed by atoms with Gasteiger partial charge in [-0.1, -0.05) is 91.0 Å². The van der Waals surface area contributed by atoms with E-state index in [1.165, 1.54) is 0 Å². The third kappa shape index (κ3) is 5.64. The number of carbonyl (C=O) groups is 2. The standard InChI is InChI=1S/C31H27NO5/c33-30(34)29(18-21-14-16-23(17-15-21)36-19-22-8-2-1-3-9-22)32-31(35)37-20-28-26-12-6-4-10-24(26)25-11-5-7-13-27(25)28/h1-17,28-29H,18-20H2,(H,32,35)(H,33,34). The summed E-state index contributed by atoms with van der Waals surface area (Å²) in [7, 11) is 0. The fraction of sp³-hybridized carbons (Fsp3) is 0.161. The smallest absolute Gasteiger partial charge is 0.407 e. The lowest BCUT2D eigenvalue weighted by atomic mass is 9.98. The number of carboxylic acid groups (broad SMARTS) is 1. The van der Waals surface area contributed by atoms with E-state index in [0.29, 0.717) is 12.4 Å². The second-order valence-electron chi connectivity index (χ2n) is 8.98. The zero-order valence-electron chi connectivity index (χ0n) is 20.2. The van der Waals surface area contributed by atoms with Crippen molar-refractivity contribution in [2.75, 3.05) is 6.61 Å². The van der Waals surface area contributed by atoms with Crippen molar-refractivity contribution in [2.45, 2.75) is 25.0 Å². The first-order valence-electron chi connectivity index (χ1n) is 12.2. The number of nitrogens with one attached hydrogen (secondary N) is 1. The van der Waals surface area contributed by atoms with E-state index < -0.39 is 18.1 Å². The van der Waals surface area contributed by atoms with Crippen molar-refractivity contribution in [3.05, 3.63) is 125 Å². The molecule has 1 aliphatic carbocycles. The molecule has 0 saturated carbocycles. The molecule has 1 aliphatic rings. The number of alkyl carbamates (subject to hydrolysis) is 1. The van der Waals surface area contributed by atoms with Gasteiger partial charge < -0.3 is 19.9 Å². The molecule has 2 N–H and O–H groups in total. The molecule has 0 radical (unpaired) electrons. The van der Waals surface area contributed by atoms with Gasteiger partial charge in [-0.2, -0.15) is 0 Å². The van der Waals surface area contributed by atoms with Crippen LogP contribution >= 0.6 is 0 Å². The van der Waals surface area contributed by atoms with Crippen LogP contribution in [0, 0.1) is 0 Å². The van der Waals surface area contributed by atoms with E-state index >= 15 is 0 Å². The van der Waals surface area contributed by atoms with Crippen LogP contribution in [0.4, 0.5) is 4.79 Å². The van der Waals surface area contributed by atoms with Crippen LogP contribution in [0.1, 0.15) is 28.2 Å². The molecule has 1 atom stereocenters. The summed E-state index contributed by atoms with van der Waals surface area (Å²) in [5, 5.41) is 12.2. The minimum Gasteiger partial charge on any atom is -0.489 e. The topological polar surface area (TPSA) is 84.9 Å². The zero-order chi connectivity index (χ0) is 25.6. The number of carboxylic acids is 1. The molecule has 0 heterocycles. The molecule has 0 fully saturated rings. The van der Waals surface area contributed by atoms with Gasteiger partial charge >= 0.3 is 12.1 Å². The summed E-state index contributed by atoms with van der Waals surface area (Å²) in [4.78, 5) is 24.4. The molecule has 0 spiro atoms. The van der Waals surface area contributed by atoms with Crippen LogP contribution in [0.25, 0.3) is 11.1 Å². The Hall–Kier alpha value is -4.58. The van der Waals surface area contributed by atoms with Gasteiger partial charge in [0.15, 0.2) is 0 Å². The second-order valence-corrected chi connectivity index (χ2v) is 8.98. The SMILES string of the molecule is O=C(NC(Cc1ccc(OCc2ccccc2)cc1)C(=O)O)OCC1c2ccccc2-c2ccccc21. The van der Waals surface area contributed by atoms with Gasteiger partial charge in [-0.3, -0.25) is 0 Å². The lowest BCUT2D eigenvalue weighted by Gasteiger charge is -2.17. The van der Waals surface area contributed by atoms with Gasteiger partial charge in [0.2, 0.25) is 0 Å². The van der Waals surface area contributed by atoms with Crippen molar-refractivity contribution < 1.29 is 24.2 Å². The third-order valence-corrected chi connectivity index (χ3v) is 6.55. The predicted octanol–water partition coefficient (Wildman–Crippen LogP) is 5.80. The highest BCUT2D eigenvalue weighted by molar-refractivity contribution is 5.81. The molecule has 4 aromatic rings. The molecule has 0 aliphatic heterocycles. The lowest BCUT2D eigenvalue weighted by Crippen LogP contribution is -2.42. The normalized spacial score (nSPS) is 12.8. The van der Waals surface area contributed by atoms with Gasteiger partial charge in [-0.15, -0.1) is 0 Å². The number of aliphatic carboxylic acids is 1. The van der Waals surface area contributed by atoms with Crippen LogP contribution in [0.15, 0.2) is 103 Å². The molecule has 5 rings (SSSR count). The van der Waals surface area contributed by atoms with Crippen molar-refractivity contribution >= 4 is 12.1 Å². The second kappa shape index (κ2) is 11.0. The number of fused-ring (bicyclic) bond motifs is 3. The van der Waals surface area contributed by atoms with E-state index in [9.17, 15) is 14.7 Å². The van der Waals surface area contributed by atoms with Crippen LogP contribution in [0.3, 0.4) is 0 Å². The maximum Gasteiger partial charge on any atom is 0.407 e. The molecule has 0 aromatic heterocycles. The zero-order valence-corrected chi connectivity index (χ0v) is 20.2. The van der Waals surface area contributed by atoms with Crippen LogP contribution in [-0.2, 0) is 22.6 Å². The monoisotopic (exact) mass is 493 g/mol. The quantitative estimate of drug-likeness (QED) is 0.308. The van der Waals surface area contributed by atoms with Crippen LogP contribution in [-0.4, -0.2) is 29.8 Å². The maximum absolute atomic E-state index is 12.6. The van der Waals surface area contributed by atoms with Crippen LogP contribution in [0.2, 0.25) is 0 Å². The van der Waals surface area contributed by atoms with Crippen molar-refractivity contribution in [1.82, 2.24) is 5.32 Å². The van der Waals surface area contributed by atoms with Crippen molar-refractivity contribution in [1.29, 1.82) is 0 Å². The molecule has 1 unspecified atom stereocenters. The number of benzene rings is 4.